The molecule has 7 nitrogen and oxygen atoms in total. The topological polar surface area (TPSA) is 90.8 Å². The summed E-state index contributed by atoms with van der Waals surface area (Å²) < 4.78 is 26.5. The molecule has 0 atom stereocenters. The van der Waals surface area contributed by atoms with Crippen molar-refractivity contribution < 1.29 is 18.3 Å². The maximum Gasteiger partial charge on any atom is 0.304 e. The van der Waals surface area contributed by atoms with Gasteiger partial charge in [-0.3, -0.25) is 9.78 Å². The Bertz CT molecular complexity index is 533. The highest BCUT2D eigenvalue weighted by atomic mass is 32.2. The zero-order valence-electron chi connectivity index (χ0n) is 11.6. The van der Waals surface area contributed by atoms with Crippen molar-refractivity contribution in [3.05, 3.63) is 30.1 Å². The average molecular weight is 301 g/mol. The first-order chi connectivity index (χ1) is 9.34. The van der Waals surface area contributed by atoms with Gasteiger partial charge in [0, 0.05) is 39.6 Å². The number of hydrogen-bond donors (Lipinski definition) is 1. The molecule has 0 saturated carbocycles. The Labute approximate surface area is 119 Å². The van der Waals surface area contributed by atoms with E-state index in [1.807, 2.05) is 12.1 Å². The van der Waals surface area contributed by atoms with Gasteiger partial charge in [-0.25, -0.2) is 0 Å². The number of carboxylic acids is 1. The fourth-order valence-corrected chi connectivity index (χ4v) is 2.68. The lowest BCUT2D eigenvalue weighted by atomic mass is 10.2. The molecule has 1 N–H and O–H groups in total. The van der Waals surface area contributed by atoms with Gasteiger partial charge in [0.2, 0.25) is 0 Å². The quantitative estimate of drug-likeness (QED) is 0.741. The molecule has 0 amide bonds. The van der Waals surface area contributed by atoms with E-state index < -0.39 is 16.2 Å². The summed E-state index contributed by atoms with van der Waals surface area (Å²) in [7, 11) is -0.761. The highest BCUT2D eigenvalue weighted by molar-refractivity contribution is 7.86. The molecular formula is C12H19N3O4S. The minimum Gasteiger partial charge on any atom is -0.481 e. The highest BCUT2D eigenvalue weighted by Crippen LogP contribution is 2.07. The van der Waals surface area contributed by atoms with Crippen LogP contribution < -0.4 is 0 Å². The second kappa shape index (κ2) is 7.32. The van der Waals surface area contributed by atoms with Crippen LogP contribution in [-0.2, 0) is 21.4 Å². The fraction of sp³-hybridized carbons (Fsp3) is 0.500. The number of hydrogen-bond acceptors (Lipinski definition) is 4. The minimum atomic E-state index is -3.62. The lowest BCUT2D eigenvalue weighted by Gasteiger charge is -2.23. The van der Waals surface area contributed by atoms with E-state index in [-0.39, 0.29) is 13.0 Å². The first-order valence-electron chi connectivity index (χ1n) is 6.12. The number of carbonyl (C=O) groups is 1. The molecule has 0 saturated heterocycles. The van der Waals surface area contributed by atoms with E-state index in [2.05, 4.69) is 4.98 Å². The minimum absolute atomic E-state index is 0.0444. The molecule has 112 valence electrons. The standard InChI is InChI=1S/C12H19N3O4S/c1-14(9-5-11-3-7-13-8-4-11)20(18,19)15(2)10-6-12(16)17/h3-4,7-8H,5-6,9-10H2,1-2H3,(H,16,17). The zero-order chi connectivity index (χ0) is 15.2. The van der Waals surface area contributed by atoms with E-state index in [9.17, 15) is 13.2 Å². The summed E-state index contributed by atoms with van der Waals surface area (Å²) in [6, 6.07) is 3.66. The van der Waals surface area contributed by atoms with Gasteiger partial charge in [0.25, 0.3) is 10.2 Å². The van der Waals surface area contributed by atoms with Crippen molar-refractivity contribution in [2.45, 2.75) is 12.8 Å². The summed E-state index contributed by atoms with van der Waals surface area (Å²) in [6.07, 6.45) is 3.67. The van der Waals surface area contributed by atoms with Crippen LogP contribution in [0.5, 0.6) is 0 Å². The molecule has 1 rings (SSSR count). The zero-order valence-corrected chi connectivity index (χ0v) is 12.4. The number of rotatable bonds is 8. The molecule has 0 aromatic carbocycles. The number of pyridine rings is 1. The third-order valence-electron chi connectivity index (χ3n) is 2.89. The van der Waals surface area contributed by atoms with Gasteiger partial charge in [-0.1, -0.05) is 0 Å². The van der Waals surface area contributed by atoms with E-state index in [4.69, 9.17) is 5.11 Å². The number of likely N-dealkylation sites (N-methyl/N-ethyl adjacent to an activating group) is 1. The maximum absolute atomic E-state index is 12.1. The Morgan fingerprint density at radius 2 is 1.75 bits per heavy atom. The van der Waals surface area contributed by atoms with Crippen LogP contribution in [0.4, 0.5) is 0 Å². The molecule has 8 heteroatoms. The van der Waals surface area contributed by atoms with Gasteiger partial charge in [-0.2, -0.15) is 17.0 Å². The molecule has 0 spiro atoms. The van der Waals surface area contributed by atoms with Gasteiger partial charge in [-0.05, 0) is 24.1 Å². The third-order valence-corrected chi connectivity index (χ3v) is 4.83. The van der Waals surface area contributed by atoms with Crippen molar-refractivity contribution in [3.8, 4) is 0 Å². The van der Waals surface area contributed by atoms with Crippen LogP contribution in [0.1, 0.15) is 12.0 Å². The van der Waals surface area contributed by atoms with Crippen LogP contribution in [0.15, 0.2) is 24.5 Å². The smallest absolute Gasteiger partial charge is 0.304 e. The van der Waals surface area contributed by atoms with Crippen LogP contribution >= 0.6 is 0 Å². The van der Waals surface area contributed by atoms with Crippen LogP contribution in [0.3, 0.4) is 0 Å². The summed E-state index contributed by atoms with van der Waals surface area (Å²) in [4.78, 5) is 14.4. The maximum atomic E-state index is 12.1. The lowest BCUT2D eigenvalue weighted by Crippen LogP contribution is -2.41. The molecule has 1 aromatic heterocycles. The van der Waals surface area contributed by atoms with Gasteiger partial charge in [0.15, 0.2) is 0 Å². The van der Waals surface area contributed by atoms with Crippen LogP contribution in [0.2, 0.25) is 0 Å². The van der Waals surface area contributed by atoms with Gasteiger partial charge in [0.05, 0.1) is 6.42 Å². The summed E-state index contributed by atoms with van der Waals surface area (Å²) >= 11 is 0. The Morgan fingerprint density at radius 3 is 2.30 bits per heavy atom. The molecule has 0 aliphatic carbocycles. The molecule has 1 heterocycles. The first-order valence-corrected chi connectivity index (χ1v) is 7.52. The van der Waals surface area contributed by atoms with E-state index in [0.29, 0.717) is 13.0 Å². The number of nitrogens with zero attached hydrogens (tertiary/aromatic N) is 3. The predicted molar refractivity (Wildman–Crippen MR) is 74.4 cm³/mol. The van der Waals surface area contributed by atoms with E-state index in [1.165, 1.54) is 18.4 Å². The molecule has 0 fully saturated rings. The molecule has 0 unspecified atom stereocenters. The van der Waals surface area contributed by atoms with Crippen molar-refractivity contribution in [3.63, 3.8) is 0 Å². The van der Waals surface area contributed by atoms with Crippen molar-refractivity contribution in [2.75, 3.05) is 27.2 Å². The number of carboxylic acid groups (broad SMARTS) is 1. The first kappa shape index (κ1) is 16.5. The largest absolute Gasteiger partial charge is 0.481 e. The Kier molecular flexibility index (Phi) is 6.05. The van der Waals surface area contributed by atoms with Gasteiger partial charge < -0.3 is 5.11 Å². The average Bonchev–Trinajstić information content (AvgIpc) is 2.42. The number of aromatic nitrogens is 1. The van der Waals surface area contributed by atoms with Crippen molar-refractivity contribution in [1.29, 1.82) is 0 Å². The summed E-state index contributed by atoms with van der Waals surface area (Å²) in [5.41, 5.74) is 0.996. The second-order valence-electron chi connectivity index (χ2n) is 4.40. The van der Waals surface area contributed by atoms with Crippen LogP contribution in [0.25, 0.3) is 0 Å². The second-order valence-corrected chi connectivity index (χ2v) is 6.54. The molecule has 0 aliphatic heterocycles. The summed E-state index contributed by atoms with van der Waals surface area (Å²) in [5.74, 6) is -1.02. The molecular weight excluding hydrogens is 282 g/mol. The highest BCUT2D eigenvalue weighted by Gasteiger charge is 2.23. The Balaban J connectivity index is 2.56. The van der Waals surface area contributed by atoms with Crippen molar-refractivity contribution in [2.24, 2.45) is 0 Å². The predicted octanol–water partition coefficient (Wildman–Crippen LogP) is 0.207. The normalized spacial score (nSPS) is 12.0. The fourth-order valence-electron chi connectivity index (χ4n) is 1.56. The molecule has 0 bridgehead atoms. The van der Waals surface area contributed by atoms with Gasteiger partial charge in [0.1, 0.15) is 0 Å². The van der Waals surface area contributed by atoms with E-state index >= 15 is 0 Å². The summed E-state index contributed by atoms with van der Waals surface area (Å²) in [5, 5.41) is 8.58. The van der Waals surface area contributed by atoms with E-state index in [1.54, 1.807) is 12.4 Å². The monoisotopic (exact) mass is 301 g/mol. The SMILES string of the molecule is CN(CCC(=O)O)S(=O)(=O)N(C)CCc1ccncc1. The summed E-state index contributed by atoms with van der Waals surface area (Å²) in [6.45, 7) is 0.279. The molecule has 0 radical (unpaired) electrons. The van der Waals surface area contributed by atoms with Gasteiger partial charge >= 0.3 is 5.97 Å². The third kappa shape index (κ3) is 4.87. The Morgan fingerprint density at radius 1 is 1.20 bits per heavy atom. The van der Waals surface area contributed by atoms with Crippen molar-refractivity contribution >= 4 is 16.2 Å². The Hall–Kier alpha value is -1.51. The molecule has 0 aliphatic rings. The number of aliphatic carboxylic acids is 1. The molecule has 20 heavy (non-hydrogen) atoms. The molecule has 1 aromatic rings. The van der Waals surface area contributed by atoms with E-state index in [0.717, 1.165) is 9.87 Å². The van der Waals surface area contributed by atoms with Gasteiger partial charge in [-0.15, -0.1) is 0 Å². The van der Waals surface area contributed by atoms with Crippen molar-refractivity contribution in [1.82, 2.24) is 13.6 Å². The van der Waals surface area contributed by atoms with Crippen LogP contribution in [0, 0.1) is 0 Å². The van der Waals surface area contributed by atoms with Crippen LogP contribution in [-0.4, -0.2) is 60.3 Å². The lowest BCUT2D eigenvalue weighted by molar-refractivity contribution is -0.137.